The summed E-state index contributed by atoms with van der Waals surface area (Å²) >= 11 is 0. The molecule has 0 aliphatic carbocycles. The molecule has 0 unspecified atom stereocenters. The molecule has 0 aliphatic heterocycles. The Hall–Kier alpha value is -4.01. The molecule has 4 aromatic rings. The first-order valence-electron chi connectivity index (χ1n) is 10.9. The standard InChI is InChI=1S/C25H25FN4O4/c1-16(2)10-11-29-23(31)21-22(30(25(29)33)20-9-5-8-19(26)13-20)27-15-28(21)14-17-6-4-7-18(12-17)24(32)34-3/h4-9,12-13,15-16H,10-11,14H2,1-3H3. The van der Waals surface area contributed by atoms with E-state index in [1.165, 1.54) is 40.8 Å². The van der Waals surface area contributed by atoms with Gasteiger partial charge in [0.1, 0.15) is 5.82 Å². The molecule has 0 atom stereocenters. The van der Waals surface area contributed by atoms with Gasteiger partial charge in [0, 0.05) is 13.1 Å². The molecular formula is C25H25FN4O4. The van der Waals surface area contributed by atoms with Crippen LogP contribution in [0, 0.1) is 11.7 Å². The maximum absolute atomic E-state index is 14.0. The number of rotatable bonds is 7. The van der Waals surface area contributed by atoms with Crippen LogP contribution in [0.3, 0.4) is 0 Å². The van der Waals surface area contributed by atoms with Crippen molar-refractivity contribution in [2.75, 3.05) is 7.11 Å². The SMILES string of the molecule is COC(=O)c1cccc(Cn2cnc3c2c(=O)n(CCC(C)C)c(=O)n3-c2cccc(F)c2)c1. The lowest BCUT2D eigenvalue weighted by Gasteiger charge is -2.14. The van der Waals surface area contributed by atoms with Gasteiger partial charge in [0.05, 0.1) is 24.7 Å². The van der Waals surface area contributed by atoms with Crippen molar-refractivity contribution in [3.63, 3.8) is 0 Å². The van der Waals surface area contributed by atoms with Crippen LogP contribution in [0.1, 0.15) is 36.2 Å². The fraction of sp³-hybridized carbons (Fsp3) is 0.280. The quantitative estimate of drug-likeness (QED) is 0.392. The maximum Gasteiger partial charge on any atom is 0.337 e. The number of methoxy groups -OCH3 is 1. The molecular weight excluding hydrogens is 439 g/mol. The van der Waals surface area contributed by atoms with E-state index >= 15 is 0 Å². The largest absolute Gasteiger partial charge is 0.465 e. The molecule has 0 amide bonds. The molecule has 2 aromatic heterocycles. The molecule has 0 saturated carbocycles. The monoisotopic (exact) mass is 464 g/mol. The first-order chi connectivity index (χ1) is 16.3. The average molecular weight is 464 g/mol. The third-order valence-corrected chi connectivity index (χ3v) is 5.60. The Bertz CT molecular complexity index is 1480. The summed E-state index contributed by atoms with van der Waals surface area (Å²) in [6.07, 6.45) is 2.10. The molecule has 176 valence electrons. The fourth-order valence-electron chi connectivity index (χ4n) is 3.84. The van der Waals surface area contributed by atoms with Crippen molar-refractivity contribution in [3.05, 3.63) is 92.6 Å². The smallest absolute Gasteiger partial charge is 0.337 e. The van der Waals surface area contributed by atoms with Gasteiger partial charge in [0.2, 0.25) is 0 Å². The van der Waals surface area contributed by atoms with Crippen LogP contribution in [0.15, 0.2) is 64.4 Å². The summed E-state index contributed by atoms with van der Waals surface area (Å²) in [5.74, 6) is -0.694. The Balaban J connectivity index is 1.91. The highest BCUT2D eigenvalue weighted by molar-refractivity contribution is 5.89. The normalized spacial score (nSPS) is 11.3. The van der Waals surface area contributed by atoms with E-state index < -0.39 is 23.0 Å². The number of imidazole rings is 1. The Kier molecular flexibility index (Phi) is 6.45. The van der Waals surface area contributed by atoms with Gasteiger partial charge in [-0.3, -0.25) is 9.36 Å². The Morgan fingerprint density at radius 2 is 1.88 bits per heavy atom. The lowest BCUT2D eigenvalue weighted by atomic mass is 10.1. The minimum atomic E-state index is -0.568. The van der Waals surface area contributed by atoms with Crippen molar-refractivity contribution in [1.29, 1.82) is 0 Å². The number of benzene rings is 2. The predicted molar refractivity (Wildman–Crippen MR) is 126 cm³/mol. The van der Waals surface area contributed by atoms with Crippen molar-refractivity contribution in [2.45, 2.75) is 33.4 Å². The lowest BCUT2D eigenvalue weighted by Crippen LogP contribution is -2.40. The number of fused-ring (bicyclic) bond motifs is 1. The van der Waals surface area contributed by atoms with Gasteiger partial charge < -0.3 is 9.30 Å². The first kappa shape index (κ1) is 23.2. The summed E-state index contributed by atoms with van der Waals surface area (Å²) in [6, 6.07) is 12.5. The second-order valence-corrected chi connectivity index (χ2v) is 8.47. The van der Waals surface area contributed by atoms with Gasteiger partial charge in [-0.2, -0.15) is 0 Å². The number of carbonyl (C=O) groups is 1. The van der Waals surface area contributed by atoms with Gasteiger partial charge in [-0.1, -0.05) is 32.0 Å². The zero-order valence-corrected chi connectivity index (χ0v) is 19.2. The van der Waals surface area contributed by atoms with E-state index in [-0.39, 0.29) is 35.9 Å². The van der Waals surface area contributed by atoms with Crippen LogP contribution in [0.4, 0.5) is 4.39 Å². The van der Waals surface area contributed by atoms with Crippen molar-refractivity contribution in [3.8, 4) is 5.69 Å². The molecule has 4 rings (SSSR count). The lowest BCUT2D eigenvalue weighted by molar-refractivity contribution is 0.0600. The van der Waals surface area contributed by atoms with Crippen LogP contribution < -0.4 is 11.2 Å². The van der Waals surface area contributed by atoms with E-state index in [0.29, 0.717) is 12.0 Å². The second kappa shape index (κ2) is 9.46. The Labute approximate surface area is 194 Å². The molecule has 0 N–H and O–H groups in total. The average Bonchev–Trinajstić information content (AvgIpc) is 3.21. The highest BCUT2D eigenvalue weighted by atomic mass is 19.1. The zero-order valence-electron chi connectivity index (χ0n) is 19.2. The Morgan fingerprint density at radius 1 is 1.12 bits per heavy atom. The highest BCUT2D eigenvalue weighted by Gasteiger charge is 2.20. The zero-order chi connectivity index (χ0) is 24.4. The number of hydrogen-bond acceptors (Lipinski definition) is 5. The van der Waals surface area contributed by atoms with Gasteiger partial charge in [0.15, 0.2) is 11.2 Å². The number of ether oxygens (including phenoxy) is 1. The third-order valence-electron chi connectivity index (χ3n) is 5.60. The van der Waals surface area contributed by atoms with E-state index in [1.54, 1.807) is 28.8 Å². The number of halogens is 1. The second-order valence-electron chi connectivity index (χ2n) is 8.47. The molecule has 0 fully saturated rings. The molecule has 8 nitrogen and oxygen atoms in total. The topological polar surface area (TPSA) is 88.1 Å². The number of carbonyl (C=O) groups excluding carboxylic acids is 1. The number of hydrogen-bond donors (Lipinski definition) is 0. The van der Waals surface area contributed by atoms with Crippen molar-refractivity contribution in [2.24, 2.45) is 5.92 Å². The van der Waals surface area contributed by atoms with Gasteiger partial charge in [-0.05, 0) is 48.2 Å². The Morgan fingerprint density at radius 3 is 2.59 bits per heavy atom. The molecule has 9 heteroatoms. The predicted octanol–water partition coefficient (Wildman–Crippen LogP) is 3.37. The van der Waals surface area contributed by atoms with Crippen LogP contribution in [-0.2, 0) is 17.8 Å². The van der Waals surface area contributed by atoms with Gasteiger partial charge >= 0.3 is 11.7 Å². The highest BCUT2D eigenvalue weighted by Crippen LogP contribution is 2.17. The van der Waals surface area contributed by atoms with Crippen LogP contribution in [0.25, 0.3) is 16.9 Å². The number of nitrogens with zero attached hydrogens (tertiary/aromatic N) is 4. The molecule has 0 aliphatic rings. The molecule has 2 heterocycles. The van der Waals surface area contributed by atoms with E-state index in [9.17, 15) is 18.8 Å². The van der Waals surface area contributed by atoms with Crippen molar-refractivity contribution >= 4 is 17.1 Å². The summed E-state index contributed by atoms with van der Waals surface area (Å²) in [6.45, 7) is 4.48. The minimum Gasteiger partial charge on any atom is -0.465 e. The maximum atomic E-state index is 14.0. The van der Waals surface area contributed by atoms with Crippen LogP contribution in [-0.4, -0.2) is 31.8 Å². The minimum absolute atomic E-state index is 0.144. The summed E-state index contributed by atoms with van der Waals surface area (Å²) in [4.78, 5) is 43.1. The summed E-state index contributed by atoms with van der Waals surface area (Å²) in [5, 5.41) is 0. The third kappa shape index (κ3) is 4.41. The van der Waals surface area contributed by atoms with Gasteiger partial charge in [0.25, 0.3) is 5.56 Å². The van der Waals surface area contributed by atoms with Crippen LogP contribution in [0.5, 0.6) is 0 Å². The van der Waals surface area contributed by atoms with E-state index in [4.69, 9.17) is 4.74 Å². The summed E-state index contributed by atoms with van der Waals surface area (Å²) in [7, 11) is 1.31. The van der Waals surface area contributed by atoms with Crippen LogP contribution >= 0.6 is 0 Å². The van der Waals surface area contributed by atoms with Crippen molar-refractivity contribution < 1.29 is 13.9 Å². The number of esters is 1. The summed E-state index contributed by atoms with van der Waals surface area (Å²) < 4.78 is 22.9. The fourth-order valence-corrected chi connectivity index (χ4v) is 3.84. The molecule has 0 spiro atoms. The molecule has 0 bridgehead atoms. The molecule has 34 heavy (non-hydrogen) atoms. The molecule has 0 radical (unpaired) electrons. The molecule has 0 saturated heterocycles. The van der Waals surface area contributed by atoms with E-state index in [1.807, 2.05) is 19.9 Å². The summed E-state index contributed by atoms with van der Waals surface area (Å²) in [5.41, 5.74) is 0.749. The van der Waals surface area contributed by atoms with Gasteiger partial charge in [-0.15, -0.1) is 0 Å². The van der Waals surface area contributed by atoms with E-state index in [2.05, 4.69) is 4.98 Å². The number of aromatic nitrogens is 4. The van der Waals surface area contributed by atoms with Gasteiger partial charge in [-0.25, -0.2) is 23.5 Å². The molecule has 2 aromatic carbocycles. The first-order valence-corrected chi connectivity index (χ1v) is 10.9. The van der Waals surface area contributed by atoms with E-state index in [0.717, 1.165) is 5.56 Å². The van der Waals surface area contributed by atoms with Crippen molar-refractivity contribution in [1.82, 2.24) is 18.7 Å². The van der Waals surface area contributed by atoms with Crippen LogP contribution in [0.2, 0.25) is 0 Å².